The maximum absolute atomic E-state index is 3.82. The monoisotopic (exact) mass is 188 g/mol. The topological polar surface area (TPSA) is 75.6 Å². The third-order valence-electron chi connectivity index (χ3n) is 1.46. The van der Waals surface area contributed by atoms with Gasteiger partial charge in [-0.1, -0.05) is 0 Å². The van der Waals surface area contributed by atoms with Crippen molar-refractivity contribution in [1.29, 1.82) is 0 Å². The normalized spacial score (nSPS) is 9.43. The van der Waals surface area contributed by atoms with Crippen LogP contribution in [0.4, 0.5) is 11.6 Å². The molecule has 0 radical (unpaired) electrons. The summed E-state index contributed by atoms with van der Waals surface area (Å²) in [5.74, 6) is 1.25. The second-order valence-electron chi connectivity index (χ2n) is 2.47. The van der Waals surface area contributed by atoms with Gasteiger partial charge in [0.25, 0.3) is 0 Å². The fourth-order valence-corrected chi connectivity index (χ4v) is 0.864. The van der Waals surface area contributed by atoms with Crippen LogP contribution in [-0.2, 0) is 0 Å². The van der Waals surface area contributed by atoms with Gasteiger partial charge in [-0.15, -0.1) is 10.2 Å². The van der Waals surface area contributed by atoms with Crippen LogP contribution in [0.3, 0.4) is 0 Å². The van der Waals surface area contributed by atoms with Gasteiger partial charge in [0.2, 0.25) is 0 Å². The molecule has 0 unspecified atom stereocenters. The van der Waals surface area contributed by atoms with Crippen molar-refractivity contribution < 1.29 is 0 Å². The first-order valence-corrected chi connectivity index (χ1v) is 4.02. The minimum Gasteiger partial charge on any atom is -0.281 e. The van der Waals surface area contributed by atoms with E-state index < -0.39 is 0 Å². The molecule has 0 spiro atoms. The molecule has 0 aromatic carbocycles. The fourth-order valence-electron chi connectivity index (χ4n) is 0.864. The van der Waals surface area contributed by atoms with Crippen molar-refractivity contribution >= 4 is 11.6 Å². The number of hydrazine groups is 1. The Labute approximate surface area is 80.4 Å². The molecule has 0 aliphatic heterocycles. The summed E-state index contributed by atoms with van der Waals surface area (Å²) in [6.07, 6.45) is 3.21. The molecule has 2 rings (SSSR count). The number of rotatable bonds is 3. The first-order chi connectivity index (χ1) is 6.95. The number of aromatic nitrogens is 4. The average molecular weight is 188 g/mol. The van der Waals surface area contributed by atoms with Crippen LogP contribution in [0, 0.1) is 0 Å². The highest BCUT2D eigenvalue weighted by Gasteiger charge is 1.92. The highest BCUT2D eigenvalue weighted by atomic mass is 15.4. The Kier molecular flexibility index (Phi) is 2.46. The highest BCUT2D eigenvalue weighted by Crippen LogP contribution is 2.00. The van der Waals surface area contributed by atoms with Crippen LogP contribution in [-0.4, -0.2) is 20.4 Å². The zero-order valence-electron chi connectivity index (χ0n) is 7.25. The van der Waals surface area contributed by atoms with Crippen LogP contribution >= 0.6 is 0 Å². The van der Waals surface area contributed by atoms with Gasteiger partial charge in [0.15, 0.2) is 11.6 Å². The third kappa shape index (κ3) is 2.13. The van der Waals surface area contributed by atoms with E-state index in [2.05, 4.69) is 31.2 Å². The van der Waals surface area contributed by atoms with Gasteiger partial charge < -0.3 is 0 Å². The summed E-state index contributed by atoms with van der Waals surface area (Å²) in [6.45, 7) is 0. The zero-order chi connectivity index (χ0) is 9.64. The van der Waals surface area contributed by atoms with Crippen LogP contribution in [0.2, 0.25) is 0 Å². The number of nitrogens with zero attached hydrogens (tertiary/aromatic N) is 4. The van der Waals surface area contributed by atoms with Crippen LogP contribution < -0.4 is 10.9 Å². The van der Waals surface area contributed by atoms with Gasteiger partial charge in [-0.05, 0) is 24.3 Å². The van der Waals surface area contributed by atoms with Crippen LogP contribution in [0.1, 0.15) is 0 Å². The number of nitrogens with one attached hydrogen (secondary N) is 2. The van der Waals surface area contributed by atoms with Crippen molar-refractivity contribution in [3.8, 4) is 0 Å². The van der Waals surface area contributed by atoms with Crippen molar-refractivity contribution in [2.45, 2.75) is 0 Å². The lowest BCUT2D eigenvalue weighted by molar-refractivity contribution is 1.01. The SMILES string of the molecule is c1cnnc(NNc2cccnn2)c1. The van der Waals surface area contributed by atoms with E-state index in [1.165, 1.54) is 0 Å². The summed E-state index contributed by atoms with van der Waals surface area (Å²) in [7, 11) is 0. The van der Waals surface area contributed by atoms with Gasteiger partial charge in [0.1, 0.15) is 0 Å². The van der Waals surface area contributed by atoms with Gasteiger partial charge in [0.05, 0.1) is 0 Å². The molecule has 6 heteroatoms. The predicted octanol–water partition coefficient (Wildman–Crippen LogP) is 0.706. The second kappa shape index (κ2) is 4.13. The molecule has 0 atom stereocenters. The Morgan fingerprint density at radius 2 is 1.29 bits per heavy atom. The van der Waals surface area contributed by atoms with E-state index in [-0.39, 0.29) is 0 Å². The van der Waals surface area contributed by atoms with Crippen molar-refractivity contribution in [3.05, 3.63) is 36.7 Å². The van der Waals surface area contributed by atoms with Gasteiger partial charge in [-0.3, -0.25) is 10.9 Å². The zero-order valence-corrected chi connectivity index (χ0v) is 7.25. The molecule has 6 nitrogen and oxygen atoms in total. The van der Waals surface area contributed by atoms with Crippen molar-refractivity contribution in [2.24, 2.45) is 0 Å². The Morgan fingerprint density at radius 1 is 0.786 bits per heavy atom. The predicted molar refractivity (Wildman–Crippen MR) is 51.3 cm³/mol. The molecule has 0 saturated heterocycles. The standard InChI is InChI=1S/C8H8N6/c1-3-7(11-9-5-1)13-14-8-4-2-6-10-12-8/h1-6H,(H,11,13)(H,12,14). The van der Waals surface area contributed by atoms with E-state index >= 15 is 0 Å². The summed E-state index contributed by atoms with van der Waals surface area (Å²) in [6, 6.07) is 7.15. The largest absolute Gasteiger partial charge is 0.281 e. The average Bonchev–Trinajstić information content (AvgIpc) is 2.29. The van der Waals surface area contributed by atoms with Crippen LogP contribution in [0.25, 0.3) is 0 Å². The quantitative estimate of drug-likeness (QED) is 0.691. The highest BCUT2D eigenvalue weighted by molar-refractivity contribution is 5.42. The molecule has 70 valence electrons. The lowest BCUT2D eigenvalue weighted by atomic mass is 10.5. The lowest BCUT2D eigenvalue weighted by Gasteiger charge is -2.05. The Bertz CT molecular complexity index is 336. The molecule has 0 fully saturated rings. The second-order valence-corrected chi connectivity index (χ2v) is 2.47. The van der Waals surface area contributed by atoms with E-state index in [1.807, 2.05) is 0 Å². The van der Waals surface area contributed by atoms with Gasteiger partial charge in [0, 0.05) is 12.4 Å². The molecule has 0 saturated carbocycles. The Balaban J connectivity index is 1.96. The van der Waals surface area contributed by atoms with Gasteiger partial charge in [-0.2, -0.15) is 10.2 Å². The molecule has 2 aromatic heterocycles. The molecule has 2 N–H and O–H groups in total. The van der Waals surface area contributed by atoms with Gasteiger partial charge >= 0.3 is 0 Å². The summed E-state index contributed by atoms with van der Waals surface area (Å²) >= 11 is 0. The number of hydrogen-bond donors (Lipinski definition) is 2. The minimum atomic E-state index is 0.623. The molecular formula is C8H8N6. The number of hydrogen-bond acceptors (Lipinski definition) is 6. The molecule has 2 aromatic rings. The third-order valence-corrected chi connectivity index (χ3v) is 1.46. The van der Waals surface area contributed by atoms with Gasteiger partial charge in [-0.25, -0.2) is 0 Å². The molecular weight excluding hydrogens is 180 g/mol. The van der Waals surface area contributed by atoms with E-state index in [0.29, 0.717) is 11.6 Å². The molecule has 0 amide bonds. The Hall–Kier alpha value is -2.24. The first kappa shape index (κ1) is 8.36. The fraction of sp³-hybridized carbons (Fsp3) is 0. The van der Waals surface area contributed by atoms with E-state index in [1.54, 1.807) is 36.7 Å². The smallest absolute Gasteiger partial charge is 0.167 e. The van der Waals surface area contributed by atoms with Crippen molar-refractivity contribution in [3.63, 3.8) is 0 Å². The molecule has 2 heterocycles. The Morgan fingerprint density at radius 3 is 1.64 bits per heavy atom. The summed E-state index contributed by atoms with van der Waals surface area (Å²) < 4.78 is 0. The lowest BCUT2D eigenvalue weighted by Crippen LogP contribution is -2.11. The molecule has 14 heavy (non-hydrogen) atoms. The molecule has 0 aliphatic rings. The number of anilines is 2. The van der Waals surface area contributed by atoms with Crippen LogP contribution in [0.5, 0.6) is 0 Å². The van der Waals surface area contributed by atoms with E-state index in [9.17, 15) is 0 Å². The van der Waals surface area contributed by atoms with E-state index in [0.717, 1.165) is 0 Å². The maximum atomic E-state index is 3.82. The summed E-state index contributed by atoms with van der Waals surface area (Å²) in [5.41, 5.74) is 5.67. The van der Waals surface area contributed by atoms with Crippen molar-refractivity contribution in [2.75, 3.05) is 10.9 Å². The van der Waals surface area contributed by atoms with E-state index in [4.69, 9.17) is 0 Å². The first-order valence-electron chi connectivity index (χ1n) is 4.02. The maximum Gasteiger partial charge on any atom is 0.167 e. The van der Waals surface area contributed by atoms with Crippen molar-refractivity contribution in [1.82, 2.24) is 20.4 Å². The summed E-state index contributed by atoms with van der Waals surface area (Å²) in [5, 5.41) is 15.1. The summed E-state index contributed by atoms with van der Waals surface area (Å²) in [4.78, 5) is 0. The molecule has 0 aliphatic carbocycles. The minimum absolute atomic E-state index is 0.623. The van der Waals surface area contributed by atoms with Crippen LogP contribution in [0.15, 0.2) is 36.7 Å². The molecule has 0 bridgehead atoms.